The Labute approximate surface area is 157 Å². The Hall–Kier alpha value is -1.75. The molecule has 0 saturated carbocycles. The molecule has 2 aliphatic rings. The monoisotopic (exact) mass is 359 g/mol. The molecule has 2 aliphatic heterocycles. The van der Waals surface area contributed by atoms with Crippen molar-refractivity contribution in [3.8, 4) is 5.75 Å². The second-order valence-corrected chi connectivity index (χ2v) is 7.64. The van der Waals surface area contributed by atoms with Gasteiger partial charge in [0, 0.05) is 32.1 Å². The van der Waals surface area contributed by atoms with E-state index >= 15 is 0 Å². The Balaban J connectivity index is 1.54. The van der Waals surface area contributed by atoms with Crippen LogP contribution in [-0.4, -0.2) is 68.1 Å². The van der Waals surface area contributed by atoms with Gasteiger partial charge in [0.1, 0.15) is 5.75 Å². The summed E-state index contributed by atoms with van der Waals surface area (Å²) in [6, 6.07) is 8.37. The Kier molecular flexibility index (Phi) is 6.41. The van der Waals surface area contributed by atoms with E-state index in [1.807, 2.05) is 18.2 Å². The molecule has 26 heavy (non-hydrogen) atoms. The van der Waals surface area contributed by atoms with E-state index in [0.29, 0.717) is 11.8 Å². The summed E-state index contributed by atoms with van der Waals surface area (Å²) in [5, 5.41) is 0. The molecule has 5 nitrogen and oxygen atoms in total. The minimum absolute atomic E-state index is 0.233. The molecule has 2 heterocycles. The lowest BCUT2D eigenvalue weighted by Crippen LogP contribution is -2.54. The van der Waals surface area contributed by atoms with Crippen molar-refractivity contribution in [2.75, 3.05) is 51.3 Å². The number of ether oxygens (including phenoxy) is 1. The highest BCUT2D eigenvalue weighted by Gasteiger charge is 2.30. The molecule has 0 spiro atoms. The number of nitrogens with zero attached hydrogens (tertiary/aromatic N) is 3. The Morgan fingerprint density at radius 1 is 1.15 bits per heavy atom. The Morgan fingerprint density at radius 3 is 2.54 bits per heavy atom. The highest BCUT2D eigenvalue weighted by atomic mass is 16.5. The summed E-state index contributed by atoms with van der Waals surface area (Å²) in [6.45, 7) is 10.3. The van der Waals surface area contributed by atoms with Gasteiger partial charge in [-0.15, -0.1) is 0 Å². The molecule has 1 aromatic rings. The lowest BCUT2D eigenvalue weighted by Gasteiger charge is -2.42. The molecule has 0 unspecified atom stereocenters. The second kappa shape index (κ2) is 8.76. The fourth-order valence-electron chi connectivity index (χ4n) is 4.31. The van der Waals surface area contributed by atoms with E-state index in [2.05, 4.69) is 34.6 Å². The first kappa shape index (κ1) is 19.0. The Morgan fingerprint density at radius 2 is 1.88 bits per heavy atom. The van der Waals surface area contributed by atoms with E-state index in [0.717, 1.165) is 70.0 Å². The molecule has 0 radical (unpaired) electrons. The fourth-order valence-corrected chi connectivity index (χ4v) is 4.31. The van der Waals surface area contributed by atoms with Crippen LogP contribution in [0.3, 0.4) is 0 Å². The van der Waals surface area contributed by atoms with E-state index in [-0.39, 0.29) is 6.04 Å². The van der Waals surface area contributed by atoms with E-state index in [1.54, 1.807) is 7.11 Å². The fraction of sp³-hybridized carbons (Fsp3) is 0.667. The van der Waals surface area contributed by atoms with E-state index in [1.165, 1.54) is 0 Å². The van der Waals surface area contributed by atoms with Gasteiger partial charge in [0.25, 0.3) is 0 Å². The van der Waals surface area contributed by atoms with E-state index < -0.39 is 0 Å². The van der Waals surface area contributed by atoms with Crippen LogP contribution in [0.1, 0.15) is 33.1 Å². The number of methoxy groups -OCH3 is 1. The van der Waals surface area contributed by atoms with Crippen LogP contribution in [0.5, 0.6) is 5.75 Å². The number of hydrogen-bond donors (Lipinski definition) is 0. The predicted molar refractivity (Wildman–Crippen MR) is 106 cm³/mol. The maximum Gasteiger partial charge on any atom is 0.223 e. The smallest absolute Gasteiger partial charge is 0.223 e. The summed E-state index contributed by atoms with van der Waals surface area (Å²) < 4.78 is 5.50. The van der Waals surface area contributed by atoms with Crippen molar-refractivity contribution < 1.29 is 9.53 Å². The summed E-state index contributed by atoms with van der Waals surface area (Å²) in [4.78, 5) is 19.8. The zero-order valence-corrected chi connectivity index (χ0v) is 16.5. The number of para-hydroxylation sites is 2. The number of amides is 1. The number of piperidine rings is 1. The summed E-state index contributed by atoms with van der Waals surface area (Å²) in [6.07, 6.45) is 3.04. The molecule has 0 bridgehead atoms. The third kappa shape index (κ3) is 4.32. The molecular weight excluding hydrogens is 326 g/mol. The first-order valence-electron chi connectivity index (χ1n) is 10.0. The number of carbonyl (C=O) groups is 1. The number of anilines is 1. The maximum absolute atomic E-state index is 12.9. The Bertz CT molecular complexity index is 599. The summed E-state index contributed by atoms with van der Waals surface area (Å²) in [5.41, 5.74) is 1.13. The molecule has 0 N–H and O–H groups in total. The van der Waals surface area contributed by atoms with Crippen molar-refractivity contribution in [3.63, 3.8) is 0 Å². The van der Waals surface area contributed by atoms with Gasteiger partial charge in [-0.1, -0.05) is 19.1 Å². The highest BCUT2D eigenvalue weighted by Crippen LogP contribution is 2.30. The molecule has 144 valence electrons. The molecule has 2 fully saturated rings. The molecule has 1 amide bonds. The minimum atomic E-state index is 0.233. The van der Waals surface area contributed by atoms with Crippen LogP contribution in [0.15, 0.2) is 24.3 Å². The van der Waals surface area contributed by atoms with Crippen molar-refractivity contribution >= 4 is 11.6 Å². The maximum atomic E-state index is 12.9. The molecule has 1 atom stereocenters. The first-order chi connectivity index (χ1) is 12.6. The number of hydrogen-bond acceptors (Lipinski definition) is 4. The zero-order chi connectivity index (χ0) is 18.5. The van der Waals surface area contributed by atoms with E-state index in [9.17, 15) is 4.79 Å². The van der Waals surface area contributed by atoms with Gasteiger partial charge in [0.15, 0.2) is 0 Å². The van der Waals surface area contributed by atoms with Crippen LogP contribution < -0.4 is 9.64 Å². The lowest BCUT2D eigenvalue weighted by atomic mass is 9.92. The lowest BCUT2D eigenvalue weighted by molar-refractivity contribution is -0.135. The van der Waals surface area contributed by atoms with Crippen molar-refractivity contribution in [1.29, 1.82) is 0 Å². The molecule has 0 aliphatic carbocycles. The van der Waals surface area contributed by atoms with Crippen LogP contribution in [0.4, 0.5) is 5.69 Å². The van der Waals surface area contributed by atoms with Crippen LogP contribution in [0.2, 0.25) is 0 Å². The number of carbonyl (C=O) groups excluding carboxylic acids is 1. The van der Waals surface area contributed by atoms with E-state index in [4.69, 9.17) is 4.74 Å². The first-order valence-corrected chi connectivity index (χ1v) is 10.0. The topological polar surface area (TPSA) is 36.0 Å². The standard InChI is InChI=1S/C21H33N3O2/c1-4-22-11-9-18(10-12-22)15-21(25)24-14-13-23(16-17(24)2)19-7-5-6-8-20(19)26-3/h5-8,17-18H,4,9-16H2,1-3H3/t17-/m0/s1. The van der Waals surface area contributed by atoms with Gasteiger partial charge >= 0.3 is 0 Å². The van der Waals surface area contributed by atoms with Gasteiger partial charge in [-0.3, -0.25) is 4.79 Å². The van der Waals surface area contributed by atoms with Crippen LogP contribution in [-0.2, 0) is 4.79 Å². The average molecular weight is 360 g/mol. The normalized spacial score (nSPS) is 22.5. The van der Waals surface area contributed by atoms with Crippen LogP contribution in [0.25, 0.3) is 0 Å². The van der Waals surface area contributed by atoms with Crippen molar-refractivity contribution in [1.82, 2.24) is 9.80 Å². The molecule has 2 saturated heterocycles. The van der Waals surface area contributed by atoms with Gasteiger partial charge < -0.3 is 19.4 Å². The summed E-state index contributed by atoms with van der Waals surface area (Å²) in [7, 11) is 1.71. The molecular formula is C21H33N3O2. The number of likely N-dealkylation sites (tertiary alicyclic amines) is 1. The molecule has 0 aromatic heterocycles. The van der Waals surface area contributed by atoms with Crippen LogP contribution in [0, 0.1) is 5.92 Å². The second-order valence-electron chi connectivity index (χ2n) is 7.64. The molecule has 1 aromatic carbocycles. The summed E-state index contributed by atoms with van der Waals surface area (Å²) in [5.74, 6) is 1.80. The number of rotatable bonds is 5. The van der Waals surface area contributed by atoms with Crippen molar-refractivity contribution in [2.24, 2.45) is 5.92 Å². The average Bonchev–Trinajstić information content (AvgIpc) is 2.68. The molecule has 5 heteroatoms. The number of piperazine rings is 1. The summed E-state index contributed by atoms with van der Waals surface area (Å²) >= 11 is 0. The minimum Gasteiger partial charge on any atom is -0.495 e. The highest BCUT2D eigenvalue weighted by molar-refractivity contribution is 5.77. The van der Waals surface area contributed by atoms with Gasteiger partial charge in [0.2, 0.25) is 5.91 Å². The number of benzene rings is 1. The van der Waals surface area contributed by atoms with Gasteiger partial charge in [0.05, 0.1) is 12.8 Å². The van der Waals surface area contributed by atoms with Crippen molar-refractivity contribution in [3.05, 3.63) is 24.3 Å². The largest absolute Gasteiger partial charge is 0.495 e. The molecule has 3 rings (SSSR count). The predicted octanol–water partition coefficient (Wildman–Crippen LogP) is 2.85. The van der Waals surface area contributed by atoms with Crippen molar-refractivity contribution in [2.45, 2.75) is 39.2 Å². The van der Waals surface area contributed by atoms with Gasteiger partial charge in [-0.05, 0) is 57.5 Å². The third-order valence-electron chi connectivity index (χ3n) is 5.99. The van der Waals surface area contributed by atoms with Crippen LogP contribution >= 0.6 is 0 Å². The SMILES string of the molecule is CCN1CCC(CC(=O)N2CCN(c3ccccc3OC)C[C@@H]2C)CC1. The van der Waals surface area contributed by atoms with Gasteiger partial charge in [-0.2, -0.15) is 0 Å². The van der Waals surface area contributed by atoms with Gasteiger partial charge in [-0.25, -0.2) is 0 Å². The zero-order valence-electron chi connectivity index (χ0n) is 16.5. The third-order valence-corrected chi connectivity index (χ3v) is 5.99. The quantitative estimate of drug-likeness (QED) is 0.810.